The van der Waals surface area contributed by atoms with Gasteiger partial charge < -0.3 is 4.74 Å². The van der Waals surface area contributed by atoms with Crippen molar-refractivity contribution in [3.63, 3.8) is 0 Å². The fourth-order valence-corrected chi connectivity index (χ4v) is 2.43. The van der Waals surface area contributed by atoms with Gasteiger partial charge in [0, 0.05) is 17.3 Å². The van der Waals surface area contributed by atoms with E-state index in [9.17, 15) is 4.79 Å². The van der Waals surface area contributed by atoms with Crippen molar-refractivity contribution in [2.75, 3.05) is 7.11 Å². The van der Waals surface area contributed by atoms with Crippen LogP contribution in [0.2, 0.25) is 20.2 Å². The van der Waals surface area contributed by atoms with Crippen LogP contribution in [0, 0.1) is 0 Å². The number of pyridine rings is 1. The first-order valence-corrected chi connectivity index (χ1v) is 6.84. The van der Waals surface area contributed by atoms with E-state index in [2.05, 4.69) is 9.72 Å². The van der Waals surface area contributed by atoms with Crippen LogP contribution >= 0.6 is 46.4 Å². The Morgan fingerprint density at radius 3 is 2.35 bits per heavy atom. The largest absolute Gasteiger partial charge is 0.465 e. The van der Waals surface area contributed by atoms with Gasteiger partial charge in [0.15, 0.2) is 0 Å². The molecule has 0 saturated carbocycles. The van der Waals surface area contributed by atoms with E-state index in [4.69, 9.17) is 46.4 Å². The molecule has 20 heavy (non-hydrogen) atoms. The predicted octanol–water partition coefficient (Wildman–Crippen LogP) is 5.15. The van der Waals surface area contributed by atoms with Crippen molar-refractivity contribution in [1.82, 2.24) is 4.98 Å². The lowest BCUT2D eigenvalue weighted by Gasteiger charge is -2.08. The van der Waals surface area contributed by atoms with Gasteiger partial charge >= 0.3 is 5.97 Å². The van der Waals surface area contributed by atoms with Crippen LogP contribution in [-0.4, -0.2) is 18.1 Å². The van der Waals surface area contributed by atoms with Crippen LogP contribution in [0.5, 0.6) is 0 Å². The quantitative estimate of drug-likeness (QED) is 0.427. The predicted molar refractivity (Wildman–Crippen MR) is 81.1 cm³/mol. The highest BCUT2D eigenvalue weighted by molar-refractivity contribution is 6.44. The molecule has 2 aromatic rings. The number of esters is 1. The van der Waals surface area contributed by atoms with Gasteiger partial charge in [0.25, 0.3) is 0 Å². The number of ether oxygens (including phenoxy) is 1. The van der Waals surface area contributed by atoms with E-state index in [0.29, 0.717) is 26.2 Å². The molecule has 1 heterocycles. The van der Waals surface area contributed by atoms with Crippen molar-refractivity contribution in [1.29, 1.82) is 0 Å². The summed E-state index contributed by atoms with van der Waals surface area (Å²) >= 11 is 23.8. The molecule has 0 bridgehead atoms. The van der Waals surface area contributed by atoms with Gasteiger partial charge in [-0.25, -0.2) is 9.78 Å². The number of nitrogens with zero attached hydrogens (tertiary/aromatic N) is 1. The molecule has 104 valence electrons. The van der Waals surface area contributed by atoms with E-state index in [1.54, 1.807) is 6.07 Å². The van der Waals surface area contributed by atoms with Gasteiger partial charge in [-0.3, -0.25) is 0 Å². The van der Waals surface area contributed by atoms with E-state index >= 15 is 0 Å². The molecule has 7 heteroatoms. The normalized spacial score (nSPS) is 10.4. The first-order chi connectivity index (χ1) is 9.43. The first-order valence-electron chi connectivity index (χ1n) is 5.32. The lowest BCUT2D eigenvalue weighted by Crippen LogP contribution is -2.03. The number of hydrogen-bond donors (Lipinski definition) is 0. The monoisotopic (exact) mass is 349 g/mol. The molecular weight excluding hydrogens is 344 g/mol. The molecule has 1 aromatic heterocycles. The van der Waals surface area contributed by atoms with Crippen LogP contribution in [0.1, 0.15) is 10.4 Å². The van der Waals surface area contributed by atoms with Gasteiger partial charge in [0.1, 0.15) is 5.15 Å². The van der Waals surface area contributed by atoms with Crippen molar-refractivity contribution >= 4 is 52.4 Å². The van der Waals surface area contributed by atoms with E-state index in [-0.39, 0.29) is 10.7 Å². The van der Waals surface area contributed by atoms with Crippen molar-refractivity contribution in [2.45, 2.75) is 0 Å². The van der Waals surface area contributed by atoms with Crippen molar-refractivity contribution in [3.05, 3.63) is 50.2 Å². The van der Waals surface area contributed by atoms with Crippen LogP contribution < -0.4 is 0 Å². The second kappa shape index (κ2) is 6.19. The third-order valence-corrected chi connectivity index (χ3v) is 3.90. The maximum Gasteiger partial charge on any atom is 0.341 e. The van der Waals surface area contributed by atoms with Crippen LogP contribution in [0.15, 0.2) is 24.4 Å². The standard InChI is InChI=1S/C13H7Cl4NO2/c1-20-13(19)8-2-6(5-18-12(8)17)7-3-10(15)11(16)4-9(7)14/h2-5H,1H3. The molecule has 0 fully saturated rings. The first kappa shape index (κ1) is 15.4. The molecule has 0 unspecified atom stereocenters. The summed E-state index contributed by atoms with van der Waals surface area (Å²) in [6, 6.07) is 4.65. The molecule has 0 aliphatic carbocycles. The van der Waals surface area contributed by atoms with E-state index in [1.807, 2.05) is 0 Å². The molecule has 0 radical (unpaired) electrons. The average Bonchev–Trinajstić information content (AvgIpc) is 2.43. The molecule has 0 N–H and O–H groups in total. The summed E-state index contributed by atoms with van der Waals surface area (Å²) in [5.41, 5.74) is 1.32. The maximum atomic E-state index is 11.6. The fourth-order valence-electron chi connectivity index (χ4n) is 1.59. The van der Waals surface area contributed by atoms with Gasteiger partial charge in [-0.1, -0.05) is 46.4 Å². The molecule has 1 aromatic carbocycles. The number of aromatic nitrogens is 1. The number of carbonyl (C=O) groups excluding carboxylic acids is 1. The topological polar surface area (TPSA) is 39.2 Å². The molecule has 0 amide bonds. The van der Waals surface area contributed by atoms with Crippen LogP contribution in [0.4, 0.5) is 0 Å². The van der Waals surface area contributed by atoms with Crippen molar-refractivity contribution in [2.24, 2.45) is 0 Å². The summed E-state index contributed by atoms with van der Waals surface area (Å²) in [7, 11) is 1.26. The van der Waals surface area contributed by atoms with E-state index in [0.717, 1.165) is 0 Å². The zero-order valence-electron chi connectivity index (χ0n) is 10.1. The van der Waals surface area contributed by atoms with Crippen molar-refractivity contribution < 1.29 is 9.53 Å². The molecule has 0 aliphatic rings. The molecule has 0 aliphatic heterocycles. The van der Waals surface area contributed by atoms with Crippen LogP contribution in [-0.2, 0) is 4.74 Å². The Bertz CT molecular complexity index is 688. The highest BCUT2D eigenvalue weighted by Crippen LogP contribution is 2.35. The van der Waals surface area contributed by atoms with Crippen LogP contribution in [0.3, 0.4) is 0 Å². The maximum absolute atomic E-state index is 11.6. The number of hydrogen-bond acceptors (Lipinski definition) is 3. The zero-order chi connectivity index (χ0) is 14.9. The zero-order valence-corrected chi connectivity index (χ0v) is 13.1. The molecule has 0 spiro atoms. The Balaban J connectivity index is 2.59. The highest BCUT2D eigenvalue weighted by atomic mass is 35.5. The van der Waals surface area contributed by atoms with Crippen molar-refractivity contribution in [3.8, 4) is 11.1 Å². The second-order valence-electron chi connectivity index (χ2n) is 3.80. The Labute approximate surface area is 135 Å². The molecule has 3 nitrogen and oxygen atoms in total. The lowest BCUT2D eigenvalue weighted by molar-refractivity contribution is 0.0600. The van der Waals surface area contributed by atoms with Gasteiger partial charge in [0.05, 0.1) is 27.7 Å². The summed E-state index contributed by atoms with van der Waals surface area (Å²) in [5.74, 6) is -0.583. The smallest absolute Gasteiger partial charge is 0.341 e. The number of benzene rings is 1. The Morgan fingerprint density at radius 1 is 1.05 bits per heavy atom. The number of carbonyl (C=O) groups is 1. The van der Waals surface area contributed by atoms with E-state index in [1.165, 1.54) is 25.4 Å². The minimum atomic E-state index is -0.583. The molecule has 0 atom stereocenters. The summed E-state index contributed by atoms with van der Waals surface area (Å²) in [4.78, 5) is 15.5. The molecular formula is C13H7Cl4NO2. The second-order valence-corrected chi connectivity index (χ2v) is 5.38. The van der Waals surface area contributed by atoms with E-state index < -0.39 is 5.97 Å². The molecule has 2 rings (SSSR count). The summed E-state index contributed by atoms with van der Waals surface area (Å²) in [6.07, 6.45) is 1.49. The van der Waals surface area contributed by atoms with Gasteiger partial charge in [0.2, 0.25) is 0 Å². The number of methoxy groups -OCH3 is 1. The number of halogens is 4. The fraction of sp³-hybridized carbons (Fsp3) is 0.0769. The lowest BCUT2D eigenvalue weighted by atomic mass is 10.1. The van der Waals surface area contributed by atoms with Gasteiger partial charge in [-0.15, -0.1) is 0 Å². The Hall–Kier alpha value is -1.00. The van der Waals surface area contributed by atoms with Gasteiger partial charge in [-0.05, 0) is 18.2 Å². The average molecular weight is 351 g/mol. The van der Waals surface area contributed by atoms with Gasteiger partial charge in [-0.2, -0.15) is 0 Å². The minimum Gasteiger partial charge on any atom is -0.465 e. The Kier molecular flexibility index (Phi) is 4.76. The highest BCUT2D eigenvalue weighted by Gasteiger charge is 2.15. The SMILES string of the molecule is COC(=O)c1cc(-c2cc(Cl)c(Cl)cc2Cl)cnc1Cl. The third kappa shape index (κ3) is 3.01. The summed E-state index contributed by atoms with van der Waals surface area (Å²) < 4.78 is 4.64. The third-order valence-electron chi connectivity index (χ3n) is 2.57. The molecule has 0 saturated heterocycles. The number of rotatable bonds is 2. The minimum absolute atomic E-state index is 0.0526. The van der Waals surface area contributed by atoms with Crippen LogP contribution in [0.25, 0.3) is 11.1 Å². The summed E-state index contributed by atoms with van der Waals surface area (Å²) in [5, 5.41) is 1.13. The summed E-state index contributed by atoms with van der Waals surface area (Å²) in [6.45, 7) is 0. The Morgan fingerprint density at radius 2 is 1.70 bits per heavy atom.